The molecule has 0 saturated heterocycles. The van der Waals surface area contributed by atoms with Crippen molar-refractivity contribution in [3.63, 3.8) is 0 Å². The quantitative estimate of drug-likeness (QED) is 0.597. The number of phenolic OH excluding ortho intramolecular Hbond substituents is 1. The van der Waals surface area contributed by atoms with Gasteiger partial charge in [-0.25, -0.2) is 4.79 Å². The van der Waals surface area contributed by atoms with Crippen LogP contribution in [-0.4, -0.2) is 37.6 Å². The summed E-state index contributed by atoms with van der Waals surface area (Å²) in [4.78, 5) is 16.4. The number of aliphatic imine (C=N–C) groups is 1. The Kier molecular flexibility index (Phi) is 6.46. The number of hydrogen-bond donors (Lipinski definition) is 1. The minimum atomic E-state index is -0.505. The molecular formula is C19H20ClNO5. The number of phenols is 1. The minimum absolute atomic E-state index is 0.0858. The fourth-order valence-corrected chi connectivity index (χ4v) is 2.36. The molecule has 6 nitrogen and oxygen atoms in total. The second-order valence-electron chi connectivity index (χ2n) is 5.65. The Morgan fingerprint density at radius 3 is 2.31 bits per heavy atom. The van der Waals surface area contributed by atoms with Gasteiger partial charge in [0.1, 0.15) is 0 Å². The first-order valence-electron chi connectivity index (χ1n) is 7.85. The first kappa shape index (κ1) is 19.6. The normalized spacial score (nSPS) is 11.0. The van der Waals surface area contributed by atoms with Crippen molar-refractivity contribution in [3.8, 4) is 17.2 Å². The van der Waals surface area contributed by atoms with Gasteiger partial charge in [-0.1, -0.05) is 11.6 Å². The van der Waals surface area contributed by atoms with Crippen LogP contribution < -0.4 is 9.47 Å². The lowest BCUT2D eigenvalue weighted by molar-refractivity contribution is 0.0378. The molecule has 7 heteroatoms. The number of halogens is 1. The van der Waals surface area contributed by atoms with Gasteiger partial charge in [0.25, 0.3) is 0 Å². The number of rotatable bonds is 6. The zero-order chi connectivity index (χ0) is 19.3. The molecule has 0 aliphatic carbocycles. The van der Waals surface area contributed by atoms with Gasteiger partial charge in [0, 0.05) is 11.8 Å². The third-order valence-corrected chi connectivity index (χ3v) is 3.71. The number of nitrogens with zero attached hydrogens (tertiary/aromatic N) is 1. The summed E-state index contributed by atoms with van der Waals surface area (Å²) in [6, 6.07) is 8.05. The highest BCUT2D eigenvalue weighted by Gasteiger charge is 2.14. The van der Waals surface area contributed by atoms with Crippen LogP contribution in [0.2, 0.25) is 5.02 Å². The van der Waals surface area contributed by atoms with Crippen molar-refractivity contribution in [2.75, 3.05) is 14.2 Å². The molecule has 26 heavy (non-hydrogen) atoms. The molecule has 0 bridgehead atoms. The Balaban J connectivity index is 2.32. The molecule has 2 aromatic rings. The summed E-state index contributed by atoms with van der Waals surface area (Å²) >= 11 is 6.07. The molecule has 0 radical (unpaired) electrons. The van der Waals surface area contributed by atoms with Crippen molar-refractivity contribution < 1.29 is 24.1 Å². The van der Waals surface area contributed by atoms with Crippen molar-refractivity contribution in [2.24, 2.45) is 4.99 Å². The van der Waals surface area contributed by atoms with Crippen molar-refractivity contribution in [2.45, 2.75) is 20.0 Å². The largest absolute Gasteiger partial charge is 0.502 e. The van der Waals surface area contributed by atoms with Gasteiger partial charge >= 0.3 is 5.97 Å². The summed E-state index contributed by atoms with van der Waals surface area (Å²) < 4.78 is 15.4. The van der Waals surface area contributed by atoms with E-state index in [1.54, 1.807) is 50.4 Å². The standard InChI is InChI=1S/C19H20ClNO5/c1-11(2)26-19(23)14-9-13(5-6-15(14)20)21-10-12-7-16(24-3)18(22)17(8-12)25-4/h5-11,22H,1-4H3. The Bertz CT molecular complexity index is 808. The van der Waals surface area contributed by atoms with Crippen LogP contribution in [0.5, 0.6) is 17.2 Å². The third-order valence-electron chi connectivity index (χ3n) is 3.38. The van der Waals surface area contributed by atoms with E-state index in [0.717, 1.165) is 0 Å². The first-order chi connectivity index (χ1) is 12.3. The van der Waals surface area contributed by atoms with Gasteiger partial charge in [-0.05, 0) is 44.2 Å². The molecule has 0 atom stereocenters. The number of carbonyl (C=O) groups excluding carboxylic acids is 1. The summed E-state index contributed by atoms with van der Waals surface area (Å²) in [5, 5.41) is 10.2. The second kappa shape index (κ2) is 8.58. The SMILES string of the molecule is COc1cc(C=Nc2ccc(Cl)c(C(=O)OC(C)C)c2)cc(OC)c1O. The van der Waals surface area contributed by atoms with Crippen LogP contribution in [0.4, 0.5) is 5.69 Å². The van der Waals surface area contributed by atoms with Crippen molar-refractivity contribution in [1.82, 2.24) is 0 Å². The van der Waals surface area contributed by atoms with Gasteiger partial charge < -0.3 is 19.3 Å². The average Bonchev–Trinajstić information content (AvgIpc) is 2.61. The highest BCUT2D eigenvalue weighted by atomic mass is 35.5. The number of methoxy groups -OCH3 is 2. The Morgan fingerprint density at radius 2 is 1.77 bits per heavy atom. The molecule has 138 valence electrons. The van der Waals surface area contributed by atoms with Gasteiger partial charge in [0.2, 0.25) is 5.75 Å². The van der Waals surface area contributed by atoms with E-state index in [9.17, 15) is 9.90 Å². The molecular weight excluding hydrogens is 358 g/mol. The fourth-order valence-electron chi connectivity index (χ4n) is 2.16. The molecule has 0 saturated carbocycles. The summed E-state index contributed by atoms with van der Waals surface area (Å²) in [5.74, 6) is -0.0569. The molecule has 0 spiro atoms. The summed E-state index contributed by atoms with van der Waals surface area (Å²) in [7, 11) is 2.89. The predicted molar refractivity (Wildman–Crippen MR) is 100 cm³/mol. The maximum absolute atomic E-state index is 12.1. The lowest BCUT2D eigenvalue weighted by Crippen LogP contribution is -2.11. The lowest BCUT2D eigenvalue weighted by Gasteiger charge is -2.10. The van der Waals surface area contributed by atoms with E-state index in [0.29, 0.717) is 16.3 Å². The monoisotopic (exact) mass is 377 g/mol. The molecule has 0 aliphatic rings. The van der Waals surface area contributed by atoms with E-state index in [1.807, 2.05) is 0 Å². The van der Waals surface area contributed by atoms with E-state index in [2.05, 4.69) is 4.99 Å². The van der Waals surface area contributed by atoms with Gasteiger partial charge in [0.05, 0.1) is 36.6 Å². The van der Waals surface area contributed by atoms with Crippen LogP contribution in [-0.2, 0) is 4.74 Å². The van der Waals surface area contributed by atoms with Gasteiger partial charge in [-0.3, -0.25) is 4.99 Å². The number of esters is 1. The van der Waals surface area contributed by atoms with E-state index in [-0.39, 0.29) is 28.9 Å². The molecule has 1 N–H and O–H groups in total. The fraction of sp³-hybridized carbons (Fsp3) is 0.263. The molecule has 2 rings (SSSR count). The zero-order valence-electron chi connectivity index (χ0n) is 14.9. The van der Waals surface area contributed by atoms with Crippen LogP contribution in [0.3, 0.4) is 0 Å². The van der Waals surface area contributed by atoms with E-state index in [1.165, 1.54) is 14.2 Å². The zero-order valence-corrected chi connectivity index (χ0v) is 15.7. The Labute approximate surface area is 157 Å². The highest BCUT2D eigenvalue weighted by molar-refractivity contribution is 6.33. The number of carbonyl (C=O) groups is 1. The second-order valence-corrected chi connectivity index (χ2v) is 6.06. The van der Waals surface area contributed by atoms with Crippen LogP contribution in [0.15, 0.2) is 35.3 Å². The number of ether oxygens (including phenoxy) is 3. The predicted octanol–water partition coefficient (Wildman–Crippen LogP) is 4.38. The molecule has 0 amide bonds. The van der Waals surface area contributed by atoms with E-state index in [4.69, 9.17) is 25.8 Å². The molecule has 0 aliphatic heterocycles. The first-order valence-corrected chi connectivity index (χ1v) is 8.23. The Morgan fingerprint density at radius 1 is 1.15 bits per heavy atom. The molecule has 0 unspecified atom stereocenters. The number of benzene rings is 2. The van der Waals surface area contributed by atoms with E-state index >= 15 is 0 Å². The van der Waals surface area contributed by atoms with Crippen LogP contribution in [0, 0.1) is 0 Å². The molecule has 2 aromatic carbocycles. The maximum Gasteiger partial charge on any atom is 0.339 e. The molecule has 0 fully saturated rings. The Hall–Kier alpha value is -2.73. The smallest absolute Gasteiger partial charge is 0.339 e. The van der Waals surface area contributed by atoms with Crippen LogP contribution in [0.25, 0.3) is 0 Å². The molecule has 0 heterocycles. The van der Waals surface area contributed by atoms with Gasteiger partial charge in [0.15, 0.2) is 11.5 Å². The van der Waals surface area contributed by atoms with Gasteiger partial charge in [-0.2, -0.15) is 0 Å². The van der Waals surface area contributed by atoms with E-state index < -0.39 is 5.97 Å². The molecule has 0 aromatic heterocycles. The van der Waals surface area contributed by atoms with Crippen molar-refractivity contribution in [3.05, 3.63) is 46.5 Å². The third kappa shape index (κ3) is 4.67. The maximum atomic E-state index is 12.1. The minimum Gasteiger partial charge on any atom is -0.502 e. The van der Waals surface area contributed by atoms with Gasteiger partial charge in [-0.15, -0.1) is 0 Å². The lowest BCUT2D eigenvalue weighted by atomic mass is 10.2. The number of hydrogen-bond acceptors (Lipinski definition) is 6. The van der Waals surface area contributed by atoms with Crippen molar-refractivity contribution in [1.29, 1.82) is 0 Å². The summed E-state index contributed by atoms with van der Waals surface area (Å²) in [6.45, 7) is 3.53. The van der Waals surface area contributed by atoms with Crippen LogP contribution >= 0.6 is 11.6 Å². The topological polar surface area (TPSA) is 77.4 Å². The summed E-state index contributed by atoms with van der Waals surface area (Å²) in [5.41, 5.74) is 1.42. The number of aromatic hydroxyl groups is 1. The summed E-state index contributed by atoms with van der Waals surface area (Å²) in [6.07, 6.45) is 1.31. The average molecular weight is 378 g/mol. The highest BCUT2D eigenvalue weighted by Crippen LogP contribution is 2.36. The van der Waals surface area contributed by atoms with Crippen molar-refractivity contribution >= 4 is 29.5 Å². The van der Waals surface area contributed by atoms with Crippen LogP contribution in [0.1, 0.15) is 29.8 Å².